The number of nitriles is 1. The first kappa shape index (κ1) is 15.8. The van der Waals surface area contributed by atoms with Gasteiger partial charge in [-0.05, 0) is 55.0 Å². The number of benzene rings is 1. The van der Waals surface area contributed by atoms with E-state index in [4.69, 9.17) is 11.6 Å². The van der Waals surface area contributed by atoms with Crippen molar-refractivity contribution < 1.29 is 4.79 Å². The lowest BCUT2D eigenvalue weighted by atomic mass is 9.96. The molecule has 1 amide bonds. The standard InChI is InChI=1S/C18H15ClN2OS/c19-13-5-3-4-12(10-13)8-9-17(22)21-18-15(11-20)14-6-1-2-7-16(14)23-18/h3-5,8-10H,1-2,6-7H2,(H,21,22)/b9-8+. The molecule has 23 heavy (non-hydrogen) atoms. The lowest BCUT2D eigenvalue weighted by Crippen LogP contribution is -2.07. The highest BCUT2D eigenvalue weighted by atomic mass is 35.5. The van der Waals surface area contributed by atoms with Gasteiger partial charge in [0.05, 0.1) is 5.56 Å². The predicted octanol–water partition coefficient (Wildman–Crippen LogP) is 4.80. The van der Waals surface area contributed by atoms with Crippen LogP contribution in [0.2, 0.25) is 5.02 Å². The molecular weight excluding hydrogens is 328 g/mol. The van der Waals surface area contributed by atoms with Crippen molar-refractivity contribution in [2.75, 3.05) is 5.32 Å². The van der Waals surface area contributed by atoms with E-state index in [1.807, 2.05) is 12.1 Å². The van der Waals surface area contributed by atoms with Gasteiger partial charge in [0.25, 0.3) is 0 Å². The number of carbonyl (C=O) groups excluding carboxylic acids is 1. The van der Waals surface area contributed by atoms with E-state index < -0.39 is 0 Å². The summed E-state index contributed by atoms with van der Waals surface area (Å²) in [4.78, 5) is 13.4. The van der Waals surface area contributed by atoms with Crippen LogP contribution in [0, 0.1) is 11.3 Å². The number of hydrogen-bond donors (Lipinski definition) is 1. The van der Waals surface area contributed by atoms with Gasteiger partial charge in [-0.2, -0.15) is 5.26 Å². The first-order valence-corrected chi connectivity index (χ1v) is 8.66. The molecule has 0 spiro atoms. The van der Waals surface area contributed by atoms with Crippen molar-refractivity contribution in [3.63, 3.8) is 0 Å². The molecule has 1 aromatic carbocycles. The number of halogens is 1. The third-order valence-electron chi connectivity index (χ3n) is 3.80. The Balaban J connectivity index is 1.76. The van der Waals surface area contributed by atoms with Gasteiger partial charge in [-0.25, -0.2) is 0 Å². The summed E-state index contributed by atoms with van der Waals surface area (Å²) >= 11 is 7.45. The average molecular weight is 343 g/mol. The molecule has 0 aliphatic heterocycles. The first-order valence-electron chi connectivity index (χ1n) is 7.46. The van der Waals surface area contributed by atoms with Crippen LogP contribution in [0.25, 0.3) is 6.08 Å². The van der Waals surface area contributed by atoms with E-state index in [1.165, 1.54) is 22.3 Å². The largest absolute Gasteiger partial charge is 0.313 e. The van der Waals surface area contributed by atoms with E-state index in [0.717, 1.165) is 36.8 Å². The van der Waals surface area contributed by atoms with Gasteiger partial charge >= 0.3 is 0 Å². The fraction of sp³-hybridized carbons (Fsp3) is 0.222. The average Bonchev–Trinajstić information content (AvgIpc) is 2.90. The van der Waals surface area contributed by atoms with Crippen molar-refractivity contribution in [2.24, 2.45) is 0 Å². The number of anilines is 1. The highest BCUT2D eigenvalue weighted by Gasteiger charge is 2.21. The van der Waals surface area contributed by atoms with Crippen LogP contribution in [0.1, 0.15) is 34.4 Å². The monoisotopic (exact) mass is 342 g/mol. The molecule has 2 aromatic rings. The van der Waals surface area contributed by atoms with Crippen LogP contribution in [-0.4, -0.2) is 5.91 Å². The SMILES string of the molecule is N#Cc1c(NC(=O)/C=C/c2cccc(Cl)c2)sc2c1CCCC2. The van der Waals surface area contributed by atoms with Crippen molar-refractivity contribution in [1.82, 2.24) is 0 Å². The van der Waals surface area contributed by atoms with Crippen molar-refractivity contribution in [3.8, 4) is 6.07 Å². The van der Waals surface area contributed by atoms with Gasteiger partial charge < -0.3 is 5.32 Å². The van der Waals surface area contributed by atoms with E-state index in [-0.39, 0.29) is 5.91 Å². The van der Waals surface area contributed by atoms with Crippen molar-refractivity contribution in [2.45, 2.75) is 25.7 Å². The molecule has 1 aromatic heterocycles. The number of amides is 1. The Kier molecular flexibility index (Phi) is 4.80. The molecule has 0 saturated carbocycles. The lowest BCUT2D eigenvalue weighted by molar-refractivity contribution is -0.111. The Bertz CT molecular complexity index is 817. The fourth-order valence-electron chi connectivity index (χ4n) is 2.71. The van der Waals surface area contributed by atoms with Crippen LogP contribution in [-0.2, 0) is 17.6 Å². The molecule has 3 rings (SSSR count). The van der Waals surface area contributed by atoms with E-state index >= 15 is 0 Å². The Morgan fingerprint density at radius 1 is 1.35 bits per heavy atom. The van der Waals surface area contributed by atoms with E-state index in [0.29, 0.717) is 15.6 Å². The van der Waals surface area contributed by atoms with Crippen LogP contribution >= 0.6 is 22.9 Å². The van der Waals surface area contributed by atoms with Crippen molar-refractivity contribution in [3.05, 3.63) is 56.9 Å². The number of nitrogens with one attached hydrogen (secondary N) is 1. The summed E-state index contributed by atoms with van der Waals surface area (Å²) < 4.78 is 0. The number of fused-ring (bicyclic) bond motifs is 1. The summed E-state index contributed by atoms with van der Waals surface area (Å²) in [5.74, 6) is -0.236. The number of rotatable bonds is 3. The number of nitrogens with zero attached hydrogens (tertiary/aromatic N) is 1. The maximum absolute atomic E-state index is 12.1. The number of aryl methyl sites for hydroxylation is 1. The molecule has 1 N–H and O–H groups in total. The molecule has 0 atom stereocenters. The molecule has 0 radical (unpaired) electrons. The molecule has 116 valence electrons. The minimum Gasteiger partial charge on any atom is -0.313 e. The summed E-state index contributed by atoms with van der Waals surface area (Å²) in [5, 5.41) is 13.5. The van der Waals surface area contributed by atoms with Gasteiger partial charge in [-0.1, -0.05) is 23.7 Å². The molecule has 1 aliphatic rings. The summed E-state index contributed by atoms with van der Waals surface area (Å²) in [6.45, 7) is 0. The maximum atomic E-state index is 12.1. The van der Waals surface area contributed by atoms with Gasteiger partial charge in [0.15, 0.2) is 0 Å². The van der Waals surface area contributed by atoms with E-state index in [2.05, 4.69) is 11.4 Å². The lowest BCUT2D eigenvalue weighted by Gasteiger charge is -2.09. The van der Waals surface area contributed by atoms with Gasteiger partial charge in [0.2, 0.25) is 5.91 Å². The third kappa shape index (κ3) is 3.64. The maximum Gasteiger partial charge on any atom is 0.249 e. The smallest absolute Gasteiger partial charge is 0.249 e. The summed E-state index contributed by atoms with van der Waals surface area (Å²) in [7, 11) is 0. The second kappa shape index (κ2) is 6.99. The first-order chi connectivity index (χ1) is 11.2. The van der Waals surface area contributed by atoms with Gasteiger partial charge in [-0.15, -0.1) is 11.3 Å². The fourth-order valence-corrected chi connectivity index (χ4v) is 4.15. The van der Waals surface area contributed by atoms with Gasteiger partial charge in [-0.3, -0.25) is 4.79 Å². The quantitative estimate of drug-likeness (QED) is 0.814. The van der Waals surface area contributed by atoms with Crippen molar-refractivity contribution in [1.29, 1.82) is 5.26 Å². The van der Waals surface area contributed by atoms with Crippen LogP contribution < -0.4 is 5.32 Å². The van der Waals surface area contributed by atoms with E-state index in [9.17, 15) is 10.1 Å². The summed E-state index contributed by atoms with van der Waals surface area (Å²) in [6, 6.07) is 9.53. The van der Waals surface area contributed by atoms with Crippen LogP contribution in [0.4, 0.5) is 5.00 Å². The number of thiophene rings is 1. The second-order valence-corrected chi connectivity index (χ2v) is 6.95. The number of carbonyl (C=O) groups is 1. The molecule has 1 heterocycles. The highest BCUT2D eigenvalue weighted by Crippen LogP contribution is 2.37. The zero-order valence-corrected chi connectivity index (χ0v) is 14.0. The van der Waals surface area contributed by atoms with E-state index in [1.54, 1.807) is 18.2 Å². The minimum atomic E-state index is -0.236. The molecule has 0 bridgehead atoms. The minimum absolute atomic E-state index is 0.236. The molecule has 0 fully saturated rings. The molecule has 0 unspecified atom stereocenters. The van der Waals surface area contributed by atoms with Gasteiger partial charge in [0.1, 0.15) is 11.1 Å². The zero-order chi connectivity index (χ0) is 16.2. The van der Waals surface area contributed by atoms with Crippen LogP contribution in [0.15, 0.2) is 30.3 Å². The Morgan fingerprint density at radius 2 is 2.17 bits per heavy atom. The Labute approximate surface area is 144 Å². The third-order valence-corrected chi connectivity index (χ3v) is 5.24. The molecule has 1 aliphatic carbocycles. The summed E-state index contributed by atoms with van der Waals surface area (Å²) in [6.07, 6.45) is 7.37. The second-order valence-electron chi connectivity index (χ2n) is 5.40. The molecule has 5 heteroatoms. The number of hydrogen-bond acceptors (Lipinski definition) is 3. The van der Waals surface area contributed by atoms with Crippen LogP contribution in [0.5, 0.6) is 0 Å². The summed E-state index contributed by atoms with van der Waals surface area (Å²) in [5.41, 5.74) is 2.62. The normalized spacial score (nSPS) is 13.6. The van der Waals surface area contributed by atoms with Crippen LogP contribution in [0.3, 0.4) is 0 Å². The van der Waals surface area contributed by atoms with Crippen molar-refractivity contribution >= 4 is 39.9 Å². The topological polar surface area (TPSA) is 52.9 Å². The Hall–Kier alpha value is -2.09. The molecular formula is C18H15ClN2OS. The zero-order valence-electron chi connectivity index (χ0n) is 12.4. The predicted molar refractivity (Wildman–Crippen MR) is 94.8 cm³/mol. The molecule has 0 saturated heterocycles. The highest BCUT2D eigenvalue weighted by molar-refractivity contribution is 7.16. The molecule has 3 nitrogen and oxygen atoms in total. The van der Waals surface area contributed by atoms with Gasteiger partial charge in [0, 0.05) is 16.0 Å². The Morgan fingerprint density at radius 3 is 2.96 bits per heavy atom.